The molecule has 2 heteroatoms. The fraction of sp³-hybridized carbons (Fsp3) is 0.222. The Labute approximate surface area is 77.4 Å². The van der Waals surface area contributed by atoms with E-state index in [1.54, 1.807) is 18.2 Å². The summed E-state index contributed by atoms with van der Waals surface area (Å²) in [5.74, 6) is 0. The topological polar surface area (TPSA) is 12.4 Å². The Morgan fingerprint density at radius 2 is 2.18 bits per heavy atom. The molecule has 0 saturated carbocycles. The van der Waals surface area contributed by atoms with Gasteiger partial charge in [0.05, 0.1) is 14.4 Å². The smallest absolute Gasteiger partial charge is 0.0585 e. The molecule has 1 aromatic carbocycles. The predicted molar refractivity (Wildman–Crippen MR) is 50.0 cm³/mol. The summed E-state index contributed by atoms with van der Waals surface area (Å²) in [6, 6.07) is 8.04. The average Bonchev–Trinajstić information content (AvgIpc) is 2.19. The van der Waals surface area contributed by atoms with Crippen molar-refractivity contribution < 1.29 is 5.48 Å². The standard InChI is InChI=1S/C9H9NS/c11-8-10-7-6-9-4-2-1-3-5-9/h1-5H,6-7H2/i6D2,7D2. The molecule has 0 aliphatic rings. The number of benzene rings is 1. The molecule has 1 nitrogen and oxygen atoms in total. The van der Waals surface area contributed by atoms with Crippen LogP contribution in [0.15, 0.2) is 35.3 Å². The fourth-order valence-corrected chi connectivity index (χ4v) is 0.682. The zero-order chi connectivity index (χ0) is 11.5. The van der Waals surface area contributed by atoms with Crippen LogP contribution in [0.25, 0.3) is 0 Å². The summed E-state index contributed by atoms with van der Waals surface area (Å²) in [6.45, 7) is -2.41. The van der Waals surface area contributed by atoms with Crippen LogP contribution in [0.4, 0.5) is 0 Å². The van der Waals surface area contributed by atoms with Gasteiger partial charge in [0.15, 0.2) is 0 Å². The monoisotopic (exact) mass is 167 g/mol. The Bertz CT molecular complexity index is 384. The second-order valence-corrected chi connectivity index (χ2v) is 1.99. The third kappa shape index (κ3) is 3.08. The number of isothiocyanates is 1. The molecule has 0 radical (unpaired) electrons. The SMILES string of the molecule is [2H]C([2H])(N=C=S)C([2H])([2H])c1ccccc1. The second-order valence-electron chi connectivity index (χ2n) is 1.81. The van der Waals surface area contributed by atoms with Gasteiger partial charge in [0.25, 0.3) is 0 Å². The summed E-state index contributed by atoms with van der Waals surface area (Å²) in [4.78, 5) is 3.23. The zero-order valence-corrected chi connectivity index (χ0v) is 6.56. The van der Waals surface area contributed by atoms with E-state index >= 15 is 0 Å². The normalized spacial score (nSPS) is 16.7. The van der Waals surface area contributed by atoms with Crippen LogP contribution in [0, 0.1) is 0 Å². The molecule has 0 aliphatic carbocycles. The molecule has 0 atom stereocenters. The lowest BCUT2D eigenvalue weighted by molar-refractivity contribution is 0.976. The van der Waals surface area contributed by atoms with Gasteiger partial charge in [-0.05, 0) is 24.2 Å². The number of hydrogen-bond acceptors (Lipinski definition) is 2. The van der Waals surface area contributed by atoms with E-state index in [0.29, 0.717) is 0 Å². The minimum atomic E-state index is -2.41. The molecule has 0 amide bonds. The molecule has 0 aromatic heterocycles. The summed E-state index contributed by atoms with van der Waals surface area (Å²) in [5.41, 5.74) is 0.226. The van der Waals surface area contributed by atoms with Crippen LogP contribution < -0.4 is 0 Å². The van der Waals surface area contributed by atoms with Gasteiger partial charge in [-0.3, -0.25) is 0 Å². The number of aryl methyl sites for hydroxylation is 1. The van der Waals surface area contributed by atoms with Crippen molar-refractivity contribution in [2.75, 3.05) is 6.50 Å². The van der Waals surface area contributed by atoms with Crippen LogP contribution in [-0.4, -0.2) is 11.7 Å². The molecule has 0 saturated heterocycles. The van der Waals surface area contributed by atoms with Gasteiger partial charge in [-0.2, -0.15) is 0 Å². The molecule has 0 aliphatic heterocycles. The van der Waals surface area contributed by atoms with Gasteiger partial charge in [-0.15, -0.1) is 0 Å². The van der Waals surface area contributed by atoms with Crippen LogP contribution in [0.5, 0.6) is 0 Å². The van der Waals surface area contributed by atoms with Crippen LogP contribution in [0.2, 0.25) is 0 Å². The van der Waals surface area contributed by atoms with Crippen molar-refractivity contribution in [2.45, 2.75) is 6.37 Å². The van der Waals surface area contributed by atoms with Crippen molar-refractivity contribution in [1.29, 1.82) is 0 Å². The van der Waals surface area contributed by atoms with Crippen LogP contribution in [-0.2, 0) is 6.37 Å². The summed E-state index contributed by atoms with van der Waals surface area (Å²) in [6.07, 6.45) is -2.22. The van der Waals surface area contributed by atoms with Crippen molar-refractivity contribution >= 4 is 17.4 Å². The Morgan fingerprint density at radius 3 is 2.82 bits per heavy atom. The first-order valence-corrected chi connectivity index (χ1v) is 3.47. The maximum absolute atomic E-state index is 7.68. The molecule has 0 heterocycles. The Kier molecular flexibility index (Phi) is 1.80. The molecule has 0 unspecified atom stereocenters. The Morgan fingerprint density at radius 1 is 1.45 bits per heavy atom. The quantitative estimate of drug-likeness (QED) is 0.497. The molecule has 1 aromatic rings. The molecule has 0 N–H and O–H groups in total. The minimum absolute atomic E-state index is 0.226. The van der Waals surface area contributed by atoms with Crippen molar-refractivity contribution in [3.05, 3.63) is 35.9 Å². The fourth-order valence-electron chi connectivity index (χ4n) is 0.637. The maximum Gasteiger partial charge on any atom is 0.0585 e. The third-order valence-electron chi connectivity index (χ3n) is 1.08. The minimum Gasteiger partial charge on any atom is -0.232 e. The molecular formula is C9H9NS. The van der Waals surface area contributed by atoms with Gasteiger partial charge >= 0.3 is 0 Å². The molecular weight excluding hydrogens is 154 g/mol. The van der Waals surface area contributed by atoms with Crippen molar-refractivity contribution in [1.82, 2.24) is 0 Å². The highest BCUT2D eigenvalue weighted by molar-refractivity contribution is 7.78. The summed E-state index contributed by atoms with van der Waals surface area (Å²) in [7, 11) is 0. The lowest BCUT2D eigenvalue weighted by Crippen LogP contribution is -1.87. The zero-order valence-electron chi connectivity index (χ0n) is 9.74. The van der Waals surface area contributed by atoms with E-state index in [1.165, 1.54) is 12.1 Å². The number of aliphatic imine (C=N–C) groups is 1. The van der Waals surface area contributed by atoms with Gasteiger partial charge in [-0.1, -0.05) is 30.3 Å². The van der Waals surface area contributed by atoms with Gasteiger partial charge in [0, 0.05) is 2.74 Å². The van der Waals surface area contributed by atoms with Gasteiger partial charge < -0.3 is 0 Å². The number of nitrogens with zero attached hydrogens (tertiary/aromatic N) is 1. The summed E-state index contributed by atoms with van der Waals surface area (Å²) < 4.78 is 30.3. The van der Waals surface area contributed by atoms with Gasteiger partial charge in [0.1, 0.15) is 0 Å². The highest BCUT2D eigenvalue weighted by Gasteiger charge is 1.87. The first-order chi connectivity index (χ1) is 6.92. The van der Waals surface area contributed by atoms with Gasteiger partial charge in [0.2, 0.25) is 0 Å². The van der Waals surface area contributed by atoms with Crippen molar-refractivity contribution in [2.24, 2.45) is 4.99 Å². The second kappa shape index (κ2) is 4.78. The van der Waals surface area contributed by atoms with E-state index in [0.717, 1.165) is 0 Å². The van der Waals surface area contributed by atoms with Gasteiger partial charge in [-0.25, -0.2) is 4.99 Å². The van der Waals surface area contributed by atoms with Crippen LogP contribution in [0.3, 0.4) is 0 Å². The Balaban J connectivity index is 3.18. The van der Waals surface area contributed by atoms with E-state index in [9.17, 15) is 0 Å². The summed E-state index contributed by atoms with van der Waals surface area (Å²) >= 11 is 4.30. The third-order valence-corrected chi connectivity index (χ3v) is 1.17. The Hall–Kier alpha value is -0.980. The summed E-state index contributed by atoms with van der Waals surface area (Å²) in [5, 5.41) is 1.88. The maximum atomic E-state index is 7.68. The number of thiocarbonyl (C=S) groups is 1. The first-order valence-electron chi connectivity index (χ1n) is 5.06. The lowest BCUT2D eigenvalue weighted by Gasteiger charge is -1.94. The first kappa shape index (κ1) is 4.15. The molecule has 0 spiro atoms. The molecule has 0 bridgehead atoms. The number of rotatable bonds is 3. The van der Waals surface area contributed by atoms with Crippen LogP contribution in [0.1, 0.15) is 11.0 Å². The highest BCUT2D eigenvalue weighted by atomic mass is 32.1. The van der Waals surface area contributed by atoms with E-state index in [1.807, 2.05) is 5.16 Å². The molecule has 1 rings (SSSR count). The molecule has 0 fully saturated rings. The molecule has 56 valence electrons. The lowest BCUT2D eigenvalue weighted by atomic mass is 10.2. The molecule has 11 heavy (non-hydrogen) atoms. The highest BCUT2D eigenvalue weighted by Crippen LogP contribution is 1.98. The predicted octanol–water partition coefficient (Wildman–Crippen LogP) is 2.33. The van der Waals surface area contributed by atoms with Crippen molar-refractivity contribution in [3.63, 3.8) is 0 Å². The van der Waals surface area contributed by atoms with E-state index < -0.39 is 12.9 Å². The van der Waals surface area contributed by atoms with Crippen molar-refractivity contribution in [3.8, 4) is 0 Å². The largest absolute Gasteiger partial charge is 0.232 e. The van der Waals surface area contributed by atoms with E-state index in [2.05, 4.69) is 17.2 Å². The average molecular weight is 167 g/mol. The number of hydrogen-bond donors (Lipinski definition) is 0. The van der Waals surface area contributed by atoms with E-state index in [-0.39, 0.29) is 5.56 Å². The van der Waals surface area contributed by atoms with Crippen LogP contribution >= 0.6 is 12.2 Å². The van der Waals surface area contributed by atoms with E-state index in [4.69, 9.17) is 5.48 Å².